The van der Waals surface area contributed by atoms with Crippen LogP contribution in [0.4, 0.5) is 5.69 Å². The van der Waals surface area contributed by atoms with E-state index in [2.05, 4.69) is 27.6 Å². The monoisotopic (exact) mass is 361 g/mol. The molecule has 0 aliphatic carbocycles. The van der Waals surface area contributed by atoms with Gasteiger partial charge in [0.05, 0.1) is 6.21 Å². The number of carbonyl (C=O) groups is 1. The van der Waals surface area contributed by atoms with E-state index in [0.29, 0.717) is 11.3 Å². The van der Waals surface area contributed by atoms with Gasteiger partial charge in [0.25, 0.3) is 0 Å². The molecule has 0 bridgehead atoms. The van der Waals surface area contributed by atoms with Crippen LogP contribution < -0.4 is 10.3 Å². The van der Waals surface area contributed by atoms with Gasteiger partial charge in [-0.2, -0.15) is 5.10 Å². The lowest BCUT2D eigenvalue weighted by molar-refractivity contribution is 0.0929. The third-order valence-corrected chi connectivity index (χ3v) is 5.04. The van der Waals surface area contributed by atoms with Crippen LogP contribution in [0.2, 0.25) is 0 Å². The maximum atomic E-state index is 12.4. The first kappa shape index (κ1) is 17.3. The highest BCUT2D eigenvalue weighted by molar-refractivity contribution is 5.99. The fourth-order valence-electron chi connectivity index (χ4n) is 3.53. The van der Waals surface area contributed by atoms with Crippen molar-refractivity contribution in [3.8, 4) is 0 Å². The molecule has 1 saturated heterocycles. The Hall–Kier alpha value is -3.08. The molecule has 0 saturated carbocycles. The Morgan fingerprint density at radius 3 is 2.56 bits per heavy atom. The highest BCUT2D eigenvalue weighted by Crippen LogP contribution is 2.24. The number of anilines is 1. The number of furan rings is 1. The zero-order valence-corrected chi connectivity index (χ0v) is 15.4. The normalized spacial score (nSPS) is 14.8. The minimum Gasteiger partial charge on any atom is -0.451 e. The van der Waals surface area contributed by atoms with Crippen LogP contribution in [0.15, 0.2) is 58.0 Å². The number of rotatable bonds is 4. The lowest BCUT2D eigenvalue weighted by Gasteiger charge is -2.28. The first-order valence-electron chi connectivity index (χ1n) is 9.39. The van der Waals surface area contributed by atoms with Crippen molar-refractivity contribution in [2.24, 2.45) is 5.10 Å². The number of hydrogen-bond acceptors (Lipinski definition) is 4. The summed E-state index contributed by atoms with van der Waals surface area (Å²) in [6.45, 7) is 4.13. The molecule has 2 aromatic carbocycles. The molecule has 5 nitrogen and oxygen atoms in total. The van der Waals surface area contributed by atoms with Crippen molar-refractivity contribution in [3.05, 3.63) is 65.4 Å². The molecule has 0 atom stereocenters. The van der Waals surface area contributed by atoms with E-state index in [1.165, 1.54) is 24.9 Å². The van der Waals surface area contributed by atoms with E-state index < -0.39 is 0 Å². The van der Waals surface area contributed by atoms with Crippen LogP contribution in [-0.2, 0) is 0 Å². The van der Waals surface area contributed by atoms with Gasteiger partial charge in [0.15, 0.2) is 5.76 Å². The maximum Gasteiger partial charge on any atom is 0.307 e. The summed E-state index contributed by atoms with van der Waals surface area (Å²) in [4.78, 5) is 14.8. The number of para-hydroxylation sites is 1. The van der Waals surface area contributed by atoms with Gasteiger partial charge in [-0.15, -0.1) is 0 Å². The van der Waals surface area contributed by atoms with Crippen LogP contribution in [0.1, 0.15) is 40.9 Å². The molecular weight excluding hydrogens is 338 g/mol. The second-order valence-electron chi connectivity index (χ2n) is 6.89. The quantitative estimate of drug-likeness (QED) is 0.550. The Balaban J connectivity index is 1.40. The van der Waals surface area contributed by atoms with Crippen molar-refractivity contribution in [3.63, 3.8) is 0 Å². The standard InChI is InChI=1S/C22H23N3O2/c1-16-19-7-3-4-8-20(19)27-21(16)22(26)24-23-15-17-9-11-18(12-10-17)25-13-5-2-6-14-25/h3-4,7-12,15H,2,5-6,13-14H2,1H3,(H,24,26)/b23-15+. The lowest BCUT2D eigenvalue weighted by atomic mass is 10.1. The van der Waals surface area contributed by atoms with Crippen molar-refractivity contribution in [2.45, 2.75) is 26.2 Å². The molecule has 1 N–H and O–H groups in total. The molecule has 3 aromatic rings. The van der Waals surface area contributed by atoms with Crippen molar-refractivity contribution in [1.82, 2.24) is 5.43 Å². The minimum absolute atomic E-state index is 0.300. The third kappa shape index (κ3) is 3.72. The van der Waals surface area contributed by atoms with Crippen molar-refractivity contribution in [2.75, 3.05) is 18.0 Å². The zero-order valence-electron chi connectivity index (χ0n) is 15.4. The Morgan fingerprint density at radius 1 is 1.07 bits per heavy atom. The number of benzene rings is 2. The van der Waals surface area contributed by atoms with E-state index in [1.807, 2.05) is 43.3 Å². The number of aryl methyl sites for hydroxylation is 1. The first-order valence-corrected chi connectivity index (χ1v) is 9.39. The molecule has 0 unspecified atom stereocenters. The summed E-state index contributed by atoms with van der Waals surface area (Å²) in [5.74, 6) is -0.0429. The third-order valence-electron chi connectivity index (χ3n) is 5.04. The van der Waals surface area contributed by atoms with Crippen LogP contribution >= 0.6 is 0 Å². The molecule has 1 aliphatic rings. The smallest absolute Gasteiger partial charge is 0.307 e. The molecular formula is C22H23N3O2. The van der Waals surface area contributed by atoms with Gasteiger partial charge in [-0.05, 0) is 49.9 Å². The SMILES string of the molecule is Cc1c(C(=O)N/N=C/c2ccc(N3CCCCC3)cc2)oc2ccccc12. The summed E-state index contributed by atoms with van der Waals surface area (Å²) in [6, 6.07) is 15.9. The van der Waals surface area contributed by atoms with Gasteiger partial charge < -0.3 is 9.32 Å². The zero-order chi connectivity index (χ0) is 18.6. The molecule has 4 rings (SSSR count). The average molecular weight is 361 g/mol. The van der Waals surface area contributed by atoms with Gasteiger partial charge in [-0.25, -0.2) is 5.43 Å². The fraction of sp³-hybridized carbons (Fsp3) is 0.273. The van der Waals surface area contributed by atoms with E-state index in [4.69, 9.17) is 4.42 Å². The van der Waals surface area contributed by atoms with Crippen molar-refractivity contribution >= 4 is 28.8 Å². The van der Waals surface area contributed by atoms with E-state index >= 15 is 0 Å². The van der Waals surface area contributed by atoms with Crippen LogP contribution in [0.3, 0.4) is 0 Å². The Bertz CT molecular complexity index is 967. The van der Waals surface area contributed by atoms with Gasteiger partial charge in [0.1, 0.15) is 5.58 Å². The molecule has 138 valence electrons. The number of nitrogens with one attached hydrogen (secondary N) is 1. The second kappa shape index (κ2) is 7.66. The number of hydrogen-bond donors (Lipinski definition) is 1. The molecule has 5 heteroatoms. The van der Waals surface area contributed by atoms with Crippen LogP contribution in [0.25, 0.3) is 11.0 Å². The highest BCUT2D eigenvalue weighted by Gasteiger charge is 2.16. The van der Waals surface area contributed by atoms with Crippen molar-refractivity contribution in [1.29, 1.82) is 0 Å². The predicted molar refractivity (Wildman–Crippen MR) is 109 cm³/mol. The van der Waals surface area contributed by atoms with Crippen LogP contribution in [0.5, 0.6) is 0 Å². The Kier molecular flexibility index (Phi) is 4.92. The number of carbonyl (C=O) groups excluding carboxylic acids is 1. The van der Waals surface area contributed by atoms with Gasteiger partial charge in [0, 0.05) is 29.7 Å². The summed E-state index contributed by atoms with van der Waals surface area (Å²) in [6.07, 6.45) is 5.49. The fourth-order valence-corrected chi connectivity index (χ4v) is 3.53. The Morgan fingerprint density at radius 2 is 1.81 bits per heavy atom. The molecule has 1 fully saturated rings. The van der Waals surface area contributed by atoms with Gasteiger partial charge >= 0.3 is 5.91 Å². The number of nitrogens with zero attached hydrogens (tertiary/aromatic N) is 2. The summed E-state index contributed by atoms with van der Waals surface area (Å²) in [5, 5.41) is 5.02. The predicted octanol–water partition coefficient (Wildman–Crippen LogP) is 4.50. The summed E-state index contributed by atoms with van der Waals surface area (Å²) in [5.41, 5.74) is 6.27. The average Bonchev–Trinajstić information content (AvgIpc) is 3.06. The van der Waals surface area contributed by atoms with Gasteiger partial charge in [-0.3, -0.25) is 4.79 Å². The summed E-state index contributed by atoms with van der Waals surface area (Å²) < 4.78 is 5.65. The van der Waals surface area contributed by atoms with Crippen molar-refractivity contribution < 1.29 is 9.21 Å². The number of hydrazone groups is 1. The van der Waals surface area contributed by atoms with Crippen LogP contribution in [0, 0.1) is 6.92 Å². The molecule has 2 heterocycles. The number of amides is 1. The summed E-state index contributed by atoms with van der Waals surface area (Å²) in [7, 11) is 0. The molecule has 0 spiro atoms. The molecule has 27 heavy (non-hydrogen) atoms. The van der Waals surface area contributed by atoms with E-state index in [-0.39, 0.29) is 5.91 Å². The maximum absolute atomic E-state index is 12.4. The molecule has 1 amide bonds. The van der Waals surface area contributed by atoms with Crippen LogP contribution in [-0.4, -0.2) is 25.2 Å². The first-order chi connectivity index (χ1) is 13.2. The second-order valence-corrected chi connectivity index (χ2v) is 6.89. The van der Waals surface area contributed by atoms with E-state index in [0.717, 1.165) is 29.6 Å². The minimum atomic E-state index is -0.343. The largest absolute Gasteiger partial charge is 0.451 e. The van der Waals surface area contributed by atoms with E-state index in [9.17, 15) is 4.79 Å². The Labute approximate surface area is 158 Å². The molecule has 0 radical (unpaired) electrons. The van der Waals surface area contributed by atoms with E-state index in [1.54, 1.807) is 6.21 Å². The number of fused-ring (bicyclic) bond motifs is 1. The topological polar surface area (TPSA) is 57.8 Å². The van der Waals surface area contributed by atoms with Gasteiger partial charge in [-0.1, -0.05) is 30.3 Å². The van der Waals surface area contributed by atoms with Gasteiger partial charge in [0.2, 0.25) is 0 Å². The highest BCUT2D eigenvalue weighted by atomic mass is 16.3. The molecule has 1 aromatic heterocycles. The molecule has 1 aliphatic heterocycles. The lowest BCUT2D eigenvalue weighted by Crippen LogP contribution is -2.29. The number of piperidine rings is 1. The summed E-state index contributed by atoms with van der Waals surface area (Å²) >= 11 is 0.